The molecule has 2 unspecified atom stereocenters. The van der Waals surface area contributed by atoms with E-state index in [2.05, 4.69) is 10.3 Å². The Bertz CT molecular complexity index is 392. The first-order chi connectivity index (χ1) is 8.33. The van der Waals surface area contributed by atoms with Crippen LogP contribution < -0.4 is 5.32 Å². The minimum Gasteiger partial charge on any atom is -0.311 e. The molecule has 3 nitrogen and oxygen atoms in total. The molecular formula is C14H18N2O. The average molecular weight is 230 g/mol. The SMILES string of the molecule is O=C(c1ccccn1)C1CC2CCCC(C1)N2. The summed E-state index contributed by atoms with van der Waals surface area (Å²) in [6.45, 7) is 0. The van der Waals surface area contributed by atoms with E-state index in [1.54, 1.807) is 6.20 Å². The molecule has 2 fully saturated rings. The van der Waals surface area contributed by atoms with Gasteiger partial charge in [0.2, 0.25) is 0 Å². The van der Waals surface area contributed by atoms with Gasteiger partial charge in [0, 0.05) is 24.2 Å². The Labute approximate surface area is 102 Å². The third kappa shape index (κ3) is 2.25. The van der Waals surface area contributed by atoms with Crippen LogP contribution in [0.5, 0.6) is 0 Å². The van der Waals surface area contributed by atoms with Crippen molar-refractivity contribution in [2.45, 2.75) is 44.2 Å². The molecular weight excluding hydrogens is 212 g/mol. The van der Waals surface area contributed by atoms with Gasteiger partial charge >= 0.3 is 0 Å². The second-order valence-corrected chi connectivity index (χ2v) is 5.24. The van der Waals surface area contributed by atoms with Crippen LogP contribution >= 0.6 is 0 Å². The zero-order valence-corrected chi connectivity index (χ0v) is 9.93. The van der Waals surface area contributed by atoms with Crippen molar-refractivity contribution < 1.29 is 4.79 Å². The van der Waals surface area contributed by atoms with E-state index in [1.807, 2.05) is 18.2 Å². The topological polar surface area (TPSA) is 42.0 Å². The smallest absolute Gasteiger partial charge is 0.184 e. The Balaban J connectivity index is 1.74. The lowest BCUT2D eigenvalue weighted by Gasteiger charge is -2.39. The number of pyridine rings is 1. The zero-order chi connectivity index (χ0) is 11.7. The predicted molar refractivity (Wildman–Crippen MR) is 65.9 cm³/mol. The third-order valence-electron chi connectivity index (χ3n) is 4.00. The maximum Gasteiger partial charge on any atom is 0.184 e. The monoisotopic (exact) mass is 230 g/mol. The molecule has 2 aliphatic rings. The maximum atomic E-state index is 12.3. The normalized spacial score (nSPS) is 32.1. The quantitative estimate of drug-likeness (QED) is 0.792. The summed E-state index contributed by atoms with van der Waals surface area (Å²) >= 11 is 0. The minimum absolute atomic E-state index is 0.182. The van der Waals surface area contributed by atoms with Crippen molar-refractivity contribution in [3.63, 3.8) is 0 Å². The number of nitrogens with zero attached hydrogens (tertiary/aromatic N) is 1. The van der Waals surface area contributed by atoms with E-state index in [0.717, 1.165) is 12.8 Å². The van der Waals surface area contributed by atoms with Gasteiger partial charge in [0.25, 0.3) is 0 Å². The number of carbonyl (C=O) groups is 1. The van der Waals surface area contributed by atoms with Gasteiger partial charge in [-0.05, 0) is 37.8 Å². The molecule has 0 aliphatic carbocycles. The van der Waals surface area contributed by atoms with E-state index in [1.165, 1.54) is 19.3 Å². The van der Waals surface area contributed by atoms with E-state index in [-0.39, 0.29) is 11.7 Å². The molecule has 0 aromatic carbocycles. The van der Waals surface area contributed by atoms with Gasteiger partial charge in [-0.3, -0.25) is 9.78 Å². The first-order valence-electron chi connectivity index (χ1n) is 6.54. The molecule has 2 atom stereocenters. The Hall–Kier alpha value is -1.22. The van der Waals surface area contributed by atoms with Crippen LogP contribution in [0.4, 0.5) is 0 Å². The second kappa shape index (κ2) is 4.57. The molecule has 90 valence electrons. The molecule has 0 spiro atoms. The largest absolute Gasteiger partial charge is 0.311 e. The number of rotatable bonds is 2. The molecule has 0 amide bonds. The number of Topliss-reactive ketones (excluding diaryl/α,β-unsaturated/α-hetero) is 1. The van der Waals surface area contributed by atoms with Crippen molar-refractivity contribution in [3.8, 4) is 0 Å². The highest BCUT2D eigenvalue weighted by Crippen LogP contribution is 2.31. The van der Waals surface area contributed by atoms with Gasteiger partial charge in [0.15, 0.2) is 5.78 Å². The Kier molecular flexibility index (Phi) is 2.93. The molecule has 1 aromatic heterocycles. The lowest BCUT2D eigenvalue weighted by molar-refractivity contribution is 0.0820. The maximum absolute atomic E-state index is 12.3. The molecule has 3 heterocycles. The number of carbonyl (C=O) groups excluding carboxylic acids is 1. The van der Waals surface area contributed by atoms with Crippen LogP contribution in [0.25, 0.3) is 0 Å². The van der Waals surface area contributed by atoms with Crippen molar-refractivity contribution in [2.24, 2.45) is 5.92 Å². The average Bonchev–Trinajstić information content (AvgIpc) is 2.38. The lowest BCUT2D eigenvalue weighted by atomic mass is 9.78. The fourth-order valence-corrected chi connectivity index (χ4v) is 3.20. The summed E-state index contributed by atoms with van der Waals surface area (Å²) in [5.74, 6) is 0.422. The number of hydrogen-bond donors (Lipinski definition) is 1. The standard InChI is InChI=1S/C14H18N2O/c17-14(13-6-1-2-7-15-13)10-8-11-4-3-5-12(9-10)16-11/h1-2,6-7,10-12,16H,3-5,8-9H2. The van der Waals surface area contributed by atoms with Crippen molar-refractivity contribution in [3.05, 3.63) is 30.1 Å². The van der Waals surface area contributed by atoms with E-state index >= 15 is 0 Å². The van der Waals surface area contributed by atoms with Crippen LogP contribution in [-0.4, -0.2) is 22.9 Å². The van der Waals surface area contributed by atoms with E-state index in [0.29, 0.717) is 17.8 Å². The van der Waals surface area contributed by atoms with Gasteiger partial charge in [-0.1, -0.05) is 12.5 Å². The first-order valence-corrected chi connectivity index (χ1v) is 6.54. The summed E-state index contributed by atoms with van der Waals surface area (Å²) in [7, 11) is 0. The van der Waals surface area contributed by atoms with Crippen molar-refractivity contribution in [1.29, 1.82) is 0 Å². The van der Waals surface area contributed by atoms with Gasteiger partial charge in [0.1, 0.15) is 5.69 Å². The molecule has 0 saturated carbocycles. The highest BCUT2D eigenvalue weighted by Gasteiger charge is 2.35. The summed E-state index contributed by atoms with van der Waals surface area (Å²) < 4.78 is 0. The molecule has 3 rings (SSSR count). The molecule has 1 N–H and O–H groups in total. The number of hydrogen-bond acceptors (Lipinski definition) is 3. The summed E-state index contributed by atoms with van der Waals surface area (Å²) in [6.07, 6.45) is 7.45. The number of ketones is 1. The van der Waals surface area contributed by atoms with Gasteiger partial charge in [-0.25, -0.2) is 0 Å². The summed E-state index contributed by atoms with van der Waals surface area (Å²) in [6, 6.07) is 6.69. The van der Waals surface area contributed by atoms with Gasteiger partial charge < -0.3 is 5.32 Å². The lowest BCUT2D eigenvalue weighted by Crippen LogP contribution is -2.50. The number of piperidine rings is 2. The summed E-state index contributed by atoms with van der Waals surface area (Å²) in [5.41, 5.74) is 0.637. The summed E-state index contributed by atoms with van der Waals surface area (Å²) in [4.78, 5) is 16.5. The molecule has 2 bridgehead atoms. The molecule has 2 aliphatic heterocycles. The van der Waals surface area contributed by atoms with Crippen LogP contribution in [0, 0.1) is 5.92 Å². The number of aromatic nitrogens is 1. The summed E-state index contributed by atoms with van der Waals surface area (Å²) in [5, 5.41) is 3.62. The van der Waals surface area contributed by atoms with Crippen LogP contribution in [0.15, 0.2) is 24.4 Å². The van der Waals surface area contributed by atoms with Crippen molar-refractivity contribution in [1.82, 2.24) is 10.3 Å². The predicted octanol–water partition coefficient (Wildman–Crippen LogP) is 2.19. The second-order valence-electron chi connectivity index (χ2n) is 5.24. The third-order valence-corrected chi connectivity index (χ3v) is 4.00. The van der Waals surface area contributed by atoms with E-state index in [4.69, 9.17) is 0 Å². The first kappa shape index (κ1) is 10.9. The van der Waals surface area contributed by atoms with Crippen LogP contribution in [-0.2, 0) is 0 Å². The van der Waals surface area contributed by atoms with Crippen LogP contribution in [0.3, 0.4) is 0 Å². The van der Waals surface area contributed by atoms with Crippen LogP contribution in [0.2, 0.25) is 0 Å². The zero-order valence-electron chi connectivity index (χ0n) is 9.93. The van der Waals surface area contributed by atoms with E-state index in [9.17, 15) is 4.79 Å². The van der Waals surface area contributed by atoms with Gasteiger partial charge in [-0.2, -0.15) is 0 Å². The fraction of sp³-hybridized carbons (Fsp3) is 0.571. The Morgan fingerprint density at radius 3 is 2.65 bits per heavy atom. The van der Waals surface area contributed by atoms with Crippen molar-refractivity contribution >= 4 is 5.78 Å². The number of fused-ring (bicyclic) bond motifs is 2. The van der Waals surface area contributed by atoms with E-state index < -0.39 is 0 Å². The fourth-order valence-electron chi connectivity index (χ4n) is 3.20. The molecule has 17 heavy (non-hydrogen) atoms. The van der Waals surface area contributed by atoms with Crippen molar-refractivity contribution in [2.75, 3.05) is 0 Å². The molecule has 2 saturated heterocycles. The van der Waals surface area contributed by atoms with Crippen LogP contribution in [0.1, 0.15) is 42.6 Å². The van der Waals surface area contributed by atoms with Gasteiger partial charge in [0.05, 0.1) is 0 Å². The highest BCUT2D eigenvalue weighted by molar-refractivity contribution is 5.96. The van der Waals surface area contributed by atoms with Gasteiger partial charge in [-0.15, -0.1) is 0 Å². The Morgan fingerprint density at radius 2 is 2.00 bits per heavy atom. The number of nitrogens with one attached hydrogen (secondary N) is 1. The minimum atomic E-state index is 0.182. The molecule has 0 radical (unpaired) electrons. The Morgan fingerprint density at radius 1 is 1.24 bits per heavy atom. The highest BCUT2D eigenvalue weighted by atomic mass is 16.1. The molecule has 3 heteroatoms. The molecule has 1 aromatic rings.